The molecule has 0 aliphatic rings. The van der Waals surface area contributed by atoms with Crippen LogP contribution >= 0.6 is 11.6 Å². The van der Waals surface area contributed by atoms with Crippen LogP contribution in [0, 0.1) is 0 Å². The molecule has 18 heavy (non-hydrogen) atoms. The molecule has 0 saturated carbocycles. The van der Waals surface area contributed by atoms with E-state index in [1.807, 2.05) is 26.2 Å². The molecule has 0 heterocycles. The van der Waals surface area contributed by atoms with Gasteiger partial charge in [0.25, 0.3) is 0 Å². The monoisotopic (exact) mass is 266 g/mol. The summed E-state index contributed by atoms with van der Waals surface area (Å²) in [5.41, 5.74) is 0.961. The zero-order valence-electron chi connectivity index (χ0n) is 10.8. The first-order chi connectivity index (χ1) is 8.58. The van der Waals surface area contributed by atoms with E-state index in [0.29, 0.717) is 11.6 Å². The second kappa shape index (κ2) is 7.90. The number of hydrogen-bond acceptors (Lipinski definition) is 2. The largest absolute Gasteiger partial charge is 0.353 e. The second-order valence-electron chi connectivity index (χ2n) is 4.33. The third-order valence-electron chi connectivity index (χ3n) is 2.38. The summed E-state index contributed by atoms with van der Waals surface area (Å²) in [5, 5.41) is 3.54. The summed E-state index contributed by atoms with van der Waals surface area (Å²) >= 11 is 5.78. The summed E-state index contributed by atoms with van der Waals surface area (Å²) in [7, 11) is 4.03. The second-order valence-corrected chi connectivity index (χ2v) is 4.77. The van der Waals surface area contributed by atoms with E-state index >= 15 is 0 Å². The van der Waals surface area contributed by atoms with Gasteiger partial charge in [-0.2, -0.15) is 0 Å². The van der Waals surface area contributed by atoms with Gasteiger partial charge in [-0.15, -0.1) is 0 Å². The Kier molecular flexibility index (Phi) is 6.47. The number of nitrogens with zero attached hydrogens (tertiary/aromatic N) is 1. The molecule has 3 nitrogen and oxygen atoms in total. The fraction of sp³-hybridized carbons (Fsp3) is 0.357. The maximum atomic E-state index is 11.5. The molecule has 0 aromatic heterocycles. The molecule has 0 aliphatic carbocycles. The Balaban J connectivity index is 2.29. The number of rotatable bonds is 6. The van der Waals surface area contributed by atoms with Crippen LogP contribution in [0.5, 0.6) is 0 Å². The van der Waals surface area contributed by atoms with Crippen molar-refractivity contribution in [1.82, 2.24) is 10.2 Å². The van der Waals surface area contributed by atoms with Gasteiger partial charge in [-0.05, 0) is 50.8 Å². The fourth-order valence-electron chi connectivity index (χ4n) is 1.41. The lowest BCUT2D eigenvalue weighted by Crippen LogP contribution is -2.25. The molecular formula is C14H19ClN2O. The standard InChI is InChI=1S/C14H19ClN2O/c1-17(2)11-3-10-16-14(18)9-6-12-4-7-13(15)8-5-12/h4-9H,3,10-11H2,1-2H3,(H,16,18)/b9-6-. The molecule has 0 bridgehead atoms. The Morgan fingerprint density at radius 2 is 2.00 bits per heavy atom. The minimum absolute atomic E-state index is 0.0660. The number of carbonyl (C=O) groups is 1. The third-order valence-corrected chi connectivity index (χ3v) is 2.63. The van der Waals surface area contributed by atoms with Crippen molar-refractivity contribution in [3.8, 4) is 0 Å². The Morgan fingerprint density at radius 3 is 2.61 bits per heavy atom. The van der Waals surface area contributed by atoms with E-state index in [1.54, 1.807) is 24.3 Å². The van der Waals surface area contributed by atoms with Crippen molar-refractivity contribution in [2.75, 3.05) is 27.2 Å². The van der Waals surface area contributed by atoms with Crippen LogP contribution in [0.25, 0.3) is 6.08 Å². The molecule has 1 aromatic rings. The first kappa shape index (κ1) is 14.7. The average molecular weight is 267 g/mol. The summed E-state index contributed by atoms with van der Waals surface area (Å²) in [4.78, 5) is 13.6. The highest BCUT2D eigenvalue weighted by atomic mass is 35.5. The van der Waals surface area contributed by atoms with Crippen LogP contribution in [0.2, 0.25) is 5.02 Å². The van der Waals surface area contributed by atoms with Crippen LogP contribution in [0.3, 0.4) is 0 Å². The summed E-state index contributed by atoms with van der Waals surface area (Å²) in [6.07, 6.45) is 4.27. The fourth-order valence-corrected chi connectivity index (χ4v) is 1.54. The molecule has 1 aromatic carbocycles. The van der Waals surface area contributed by atoms with Crippen molar-refractivity contribution in [2.45, 2.75) is 6.42 Å². The van der Waals surface area contributed by atoms with Crippen LogP contribution in [-0.4, -0.2) is 38.0 Å². The zero-order chi connectivity index (χ0) is 13.4. The van der Waals surface area contributed by atoms with Gasteiger partial charge in [-0.25, -0.2) is 0 Å². The van der Waals surface area contributed by atoms with Crippen LogP contribution < -0.4 is 5.32 Å². The summed E-state index contributed by atoms with van der Waals surface area (Å²) in [6, 6.07) is 7.35. The minimum atomic E-state index is -0.0660. The topological polar surface area (TPSA) is 32.3 Å². The number of carbonyl (C=O) groups excluding carboxylic acids is 1. The average Bonchev–Trinajstić information content (AvgIpc) is 2.34. The highest BCUT2D eigenvalue weighted by Gasteiger charge is 1.95. The molecule has 0 atom stereocenters. The minimum Gasteiger partial charge on any atom is -0.353 e. The van der Waals surface area contributed by atoms with Crippen molar-refractivity contribution in [3.05, 3.63) is 40.9 Å². The van der Waals surface area contributed by atoms with E-state index in [2.05, 4.69) is 10.2 Å². The highest BCUT2D eigenvalue weighted by molar-refractivity contribution is 6.30. The molecular weight excluding hydrogens is 248 g/mol. The van der Waals surface area contributed by atoms with Gasteiger partial charge in [0.15, 0.2) is 0 Å². The first-order valence-electron chi connectivity index (χ1n) is 5.94. The van der Waals surface area contributed by atoms with E-state index in [0.717, 1.165) is 18.5 Å². The normalized spacial score (nSPS) is 11.1. The van der Waals surface area contributed by atoms with Gasteiger partial charge in [-0.3, -0.25) is 4.79 Å². The lowest BCUT2D eigenvalue weighted by atomic mass is 10.2. The summed E-state index contributed by atoms with van der Waals surface area (Å²) in [5.74, 6) is -0.0660. The number of nitrogens with one attached hydrogen (secondary N) is 1. The lowest BCUT2D eigenvalue weighted by Gasteiger charge is -2.08. The van der Waals surface area contributed by atoms with E-state index < -0.39 is 0 Å². The molecule has 0 spiro atoms. The first-order valence-corrected chi connectivity index (χ1v) is 6.32. The van der Waals surface area contributed by atoms with Crippen molar-refractivity contribution in [1.29, 1.82) is 0 Å². The van der Waals surface area contributed by atoms with Crippen molar-refractivity contribution >= 4 is 23.6 Å². The molecule has 0 aliphatic heterocycles. The van der Waals surface area contributed by atoms with Gasteiger partial charge in [0.2, 0.25) is 5.91 Å². The van der Waals surface area contributed by atoms with Crippen LogP contribution in [-0.2, 0) is 4.79 Å². The number of benzene rings is 1. The highest BCUT2D eigenvalue weighted by Crippen LogP contribution is 2.10. The van der Waals surface area contributed by atoms with Gasteiger partial charge in [-0.1, -0.05) is 23.7 Å². The van der Waals surface area contributed by atoms with Crippen LogP contribution in [0.15, 0.2) is 30.3 Å². The van der Waals surface area contributed by atoms with E-state index in [-0.39, 0.29) is 5.91 Å². The Bertz CT molecular complexity index is 399. The molecule has 4 heteroatoms. The predicted molar refractivity (Wildman–Crippen MR) is 76.7 cm³/mol. The Hall–Kier alpha value is -1.32. The summed E-state index contributed by atoms with van der Waals surface area (Å²) in [6.45, 7) is 1.67. The summed E-state index contributed by atoms with van der Waals surface area (Å²) < 4.78 is 0. The number of hydrogen-bond donors (Lipinski definition) is 1. The van der Waals surface area contributed by atoms with Crippen LogP contribution in [0.4, 0.5) is 0 Å². The van der Waals surface area contributed by atoms with Gasteiger partial charge in [0.1, 0.15) is 0 Å². The Morgan fingerprint density at radius 1 is 1.33 bits per heavy atom. The lowest BCUT2D eigenvalue weighted by molar-refractivity contribution is -0.116. The number of amides is 1. The maximum absolute atomic E-state index is 11.5. The van der Waals surface area contributed by atoms with Gasteiger partial charge in [0, 0.05) is 17.6 Å². The molecule has 0 radical (unpaired) electrons. The number of halogens is 1. The van der Waals surface area contributed by atoms with E-state index in [1.165, 1.54) is 0 Å². The van der Waals surface area contributed by atoms with Crippen molar-refractivity contribution in [3.63, 3.8) is 0 Å². The molecule has 0 unspecified atom stereocenters. The molecule has 0 saturated heterocycles. The predicted octanol–water partition coefficient (Wildman–Crippen LogP) is 2.42. The quantitative estimate of drug-likeness (QED) is 0.634. The smallest absolute Gasteiger partial charge is 0.243 e. The Labute approximate surface area is 113 Å². The van der Waals surface area contributed by atoms with Crippen molar-refractivity contribution in [2.24, 2.45) is 0 Å². The van der Waals surface area contributed by atoms with E-state index in [9.17, 15) is 4.79 Å². The molecule has 0 fully saturated rings. The SMILES string of the molecule is CN(C)CCCNC(=O)/C=C\c1ccc(Cl)cc1. The van der Waals surface area contributed by atoms with E-state index in [4.69, 9.17) is 11.6 Å². The van der Waals surface area contributed by atoms with Crippen LogP contribution in [0.1, 0.15) is 12.0 Å². The van der Waals surface area contributed by atoms with Gasteiger partial charge >= 0.3 is 0 Å². The molecule has 1 amide bonds. The molecule has 98 valence electrons. The van der Waals surface area contributed by atoms with Crippen molar-refractivity contribution < 1.29 is 4.79 Å². The molecule has 1 N–H and O–H groups in total. The zero-order valence-corrected chi connectivity index (χ0v) is 11.6. The van der Waals surface area contributed by atoms with Gasteiger partial charge < -0.3 is 10.2 Å². The van der Waals surface area contributed by atoms with Gasteiger partial charge in [0.05, 0.1) is 0 Å². The molecule has 1 rings (SSSR count). The maximum Gasteiger partial charge on any atom is 0.243 e. The third kappa shape index (κ3) is 6.42.